The number of hydrogen-bond donors (Lipinski definition) is 1. The quantitative estimate of drug-likeness (QED) is 0.867. The Hall–Kier alpha value is -1.75. The van der Waals surface area contributed by atoms with Gasteiger partial charge < -0.3 is 9.46 Å². The van der Waals surface area contributed by atoms with Crippen LogP contribution in [0.3, 0.4) is 0 Å². The molecule has 2 aromatic rings. The number of pyridine rings is 1. The van der Waals surface area contributed by atoms with Crippen LogP contribution in [0.2, 0.25) is 0 Å². The molecule has 0 saturated heterocycles. The Labute approximate surface area is 115 Å². The molecule has 0 atom stereocenters. The van der Waals surface area contributed by atoms with Gasteiger partial charge in [0.15, 0.2) is 0 Å². The molecule has 0 spiro atoms. The predicted octanol–water partition coefficient (Wildman–Crippen LogP) is 3.66. The molecule has 98 valence electrons. The summed E-state index contributed by atoms with van der Waals surface area (Å²) in [6, 6.07) is 8.80. The third-order valence-electron chi connectivity index (χ3n) is 2.88. The number of nitrogens with zero attached hydrogens (tertiary/aromatic N) is 1. The zero-order valence-electron chi connectivity index (χ0n) is 10.2. The zero-order valence-corrected chi connectivity index (χ0v) is 11.0. The van der Waals surface area contributed by atoms with E-state index in [-0.39, 0.29) is 5.82 Å². The van der Waals surface area contributed by atoms with E-state index in [1.807, 2.05) is 12.1 Å². The van der Waals surface area contributed by atoms with Gasteiger partial charge in [0.1, 0.15) is 17.4 Å². The Kier molecular flexibility index (Phi) is 3.55. The number of nitrogens with one attached hydrogen (secondary N) is 1. The summed E-state index contributed by atoms with van der Waals surface area (Å²) in [5.41, 5.74) is 1.25. The third-order valence-corrected chi connectivity index (χ3v) is 3.68. The Morgan fingerprint density at radius 1 is 1.26 bits per heavy atom. The summed E-state index contributed by atoms with van der Waals surface area (Å²) in [6.07, 6.45) is 3.58. The average molecular weight is 276 g/mol. The SMILES string of the molecule is Fc1ccnc(NSc2ccc3c(c2)OCCC3)c1. The van der Waals surface area contributed by atoms with Crippen molar-refractivity contribution in [3.8, 4) is 5.75 Å². The Morgan fingerprint density at radius 3 is 3.11 bits per heavy atom. The van der Waals surface area contributed by atoms with E-state index >= 15 is 0 Å². The summed E-state index contributed by atoms with van der Waals surface area (Å²) in [7, 11) is 0. The molecule has 19 heavy (non-hydrogen) atoms. The van der Waals surface area contributed by atoms with Gasteiger partial charge in [0.25, 0.3) is 0 Å². The maximum absolute atomic E-state index is 13.0. The Morgan fingerprint density at radius 2 is 2.21 bits per heavy atom. The largest absolute Gasteiger partial charge is 0.493 e. The molecular weight excluding hydrogens is 263 g/mol. The summed E-state index contributed by atoms with van der Waals surface area (Å²) in [4.78, 5) is 5.06. The van der Waals surface area contributed by atoms with Crippen LogP contribution in [0.5, 0.6) is 5.75 Å². The minimum Gasteiger partial charge on any atom is -0.493 e. The van der Waals surface area contributed by atoms with Gasteiger partial charge in [-0.1, -0.05) is 6.07 Å². The fourth-order valence-corrected chi connectivity index (χ4v) is 2.59. The van der Waals surface area contributed by atoms with E-state index < -0.39 is 0 Å². The van der Waals surface area contributed by atoms with Gasteiger partial charge in [0.05, 0.1) is 6.61 Å². The van der Waals surface area contributed by atoms with Gasteiger partial charge in [-0.2, -0.15) is 0 Å². The summed E-state index contributed by atoms with van der Waals surface area (Å²) < 4.78 is 21.6. The van der Waals surface area contributed by atoms with Gasteiger partial charge in [-0.3, -0.25) is 0 Å². The van der Waals surface area contributed by atoms with E-state index in [2.05, 4.69) is 15.8 Å². The Bertz CT molecular complexity index is 591. The fourth-order valence-electron chi connectivity index (χ4n) is 1.96. The van der Waals surface area contributed by atoms with Crippen molar-refractivity contribution in [3.63, 3.8) is 0 Å². The molecule has 0 unspecified atom stereocenters. The summed E-state index contributed by atoms with van der Waals surface area (Å²) in [6.45, 7) is 0.778. The molecule has 0 aliphatic carbocycles. The molecule has 1 aromatic carbocycles. The standard InChI is InChI=1S/C14H13FN2OS/c15-11-5-6-16-14(8-11)17-19-12-4-3-10-2-1-7-18-13(10)9-12/h3-6,8-9H,1-2,7H2,(H,16,17). The smallest absolute Gasteiger partial charge is 0.138 e. The van der Waals surface area contributed by atoms with Crippen LogP contribution in [0, 0.1) is 5.82 Å². The van der Waals surface area contributed by atoms with Crippen LogP contribution in [-0.4, -0.2) is 11.6 Å². The van der Waals surface area contributed by atoms with Crippen LogP contribution < -0.4 is 9.46 Å². The highest BCUT2D eigenvalue weighted by molar-refractivity contribution is 8.00. The fraction of sp³-hybridized carbons (Fsp3) is 0.214. The van der Waals surface area contributed by atoms with Crippen molar-refractivity contribution in [1.82, 2.24) is 4.98 Å². The van der Waals surface area contributed by atoms with E-state index in [0.717, 1.165) is 30.1 Å². The molecule has 3 nitrogen and oxygen atoms in total. The van der Waals surface area contributed by atoms with E-state index in [4.69, 9.17) is 4.74 Å². The summed E-state index contributed by atoms with van der Waals surface area (Å²) in [5.74, 6) is 1.15. The Balaban J connectivity index is 1.70. The average Bonchev–Trinajstić information content (AvgIpc) is 2.45. The van der Waals surface area contributed by atoms with Crippen LogP contribution in [0.25, 0.3) is 0 Å². The van der Waals surface area contributed by atoms with Crippen LogP contribution in [-0.2, 0) is 6.42 Å². The number of hydrogen-bond acceptors (Lipinski definition) is 4. The molecule has 1 aromatic heterocycles. The number of fused-ring (bicyclic) bond motifs is 1. The van der Waals surface area contributed by atoms with Gasteiger partial charge in [0.2, 0.25) is 0 Å². The van der Waals surface area contributed by atoms with E-state index in [1.54, 1.807) is 0 Å². The first-order chi connectivity index (χ1) is 9.31. The second-order valence-corrected chi connectivity index (χ2v) is 5.16. The van der Waals surface area contributed by atoms with Gasteiger partial charge in [0, 0.05) is 17.2 Å². The first-order valence-electron chi connectivity index (χ1n) is 6.11. The van der Waals surface area contributed by atoms with Crippen molar-refractivity contribution in [1.29, 1.82) is 0 Å². The van der Waals surface area contributed by atoms with Crippen LogP contribution >= 0.6 is 11.9 Å². The molecule has 3 rings (SSSR count). The van der Waals surface area contributed by atoms with E-state index in [0.29, 0.717) is 5.82 Å². The molecule has 1 N–H and O–H groups in total. The molecule has 0 fully saturated rings. The first kappa shape index (κ1) is 12.3. The van der Waals surface area contributed by atoms with Crippen molar-refractivity contribution >= 4 is 17.8 Å². The number of aryl methyl sites for hydroxylation is 1. The number of benzene rings is 1. The normalized spacial score (nSPS) is 13.5. The van der Waals surface area contributed by atoms with Crippen molar-refractivity contribution < 1.29 is 9.13 Å². The lowest BCUT2D eigenvalue weighted by Crippen LogP contribution is -2.08. The maximum Gasteiger partial charge on any atom is 0.138 e. The lowest BCUT2D eigenvalue weighted by atomic mass is 10.1. The molecule has 0 bridgehead atoms. The minimum absolute atomic E-state index is 0.299. The first-order valence-corrected chi connectivity index (χ1v) is 6.93. The molecular formula is C14H13FN2OS. The van der Waals surface area contributed by atoms with Crippen LogP contribution in [0.15, 0.2) is 41.4 Å². The highest BCUT2D eigenvalue weighted by Crippen LogP contribution is 2.30. The molecule has 5 heteroatoms. The number of aromatic nitrogens is 1. The monoisotopic (exact) mass is 276 g/mol. The zero-order chi connectivity index (χ0) is 13.1. The lowest BCUT2D eigenvalue weighted by Gasteiger charge is -2.17. The van der Waals surface area contributed by atoms with Crippen molar-refractivity contribution in [2.24, 2.45) is 0 Å². The number of anilines is 1. The molecule has 1 aliphatic heterocycles. The van der Waals surface area contributed by atoms with Crippen molar-refractivity contribution in [3.05, 3.63) is 47.9 Å². The van der Waals surface area contributed by atoms with Crippen LogP contribution in [0.4, 0.5) is 10.2 Å². The van der Waals surface area contributed by atoms with Gasteiger partial charge >= 0.3 is 0 Å². The number of ether oxygens (including phenoxy) is 1. The topological polar surface area (TPSA) is 34.2 Å². The second-order valence-electron chi connectivity index (χ2n) is 4.28. The third kappa shape index (κ3) is 2.98. The van der Waals surface area contributed by atoms with Crippen molar-refractivity contribution in [2.75, 3.05) is 11.3 Å². The maximum atomic E-state index is 13.0. The van der Waals surface area contributed by atoms with Gasteiger partial charge in [-0.25, -0.2) is 9.37 Å². The van der Waals surface area contributed by atoms with Crippen molar-refractivity contribution in [2.45, 2.75) is 17.7 Å². The van der Waals surface area contributed by atoms with E-state index in [9.17, 15) is 4.39 Å². The lowest BCUT2D eigenvalue weighted by molar-refractivity contribution is 0.287. The molecule has 0 amide bonds. The summed E-state index contributed by atoms with van der Waals surface area (Å²) in [5, 5.41) is 0. The molecule has 0 saturated carbocycles. The van der Waals surface area contributed by atoms with E-state index in [1.165, 1.54) is 35.8 Å². The molecule has 1 aliphatic rings. The van der Waals surface area contributed by atoms with Crippen LogP contribution in [0.1, 0.15) is 12.0 Å². The highest BCUT2D eigenvalue weighted by Gasteiger charge is 2.10. The summed E-state index contributed by atoms with van der Waals surface area (Å²) >= 11 is 1.40. The highest BCUT2D eigenvalue weighted by atomic mass is 32.2. The molecule has 2 heterocycles. The minimum atomic E-state index is -0.299. The number of rotatable bonds is 3. The van der Waals surface area contributed by atoms with Gasteiger partial charge in [-0.05, 0) is 48.6 Å². The number of halogens is 1. The van der Waals surface area contributed by atoms with Gasteiger partial charge in [-0.15, -0.1) is 0 Å². The molecule has 0 radical (unpaired) electrons. The predicted molar refractivity (Wildman–Crippen MR) is 73.9 cm³/mol. The second kappa shape index (κ2) is 5.48.